The first-order valence-corrected chi connectivity index (χ1v) is 16.1. The van der Waals surface area contributed by atoms with Gasteiger partial charge in [0.2, 0.25) is 0 Å². The van der Waals surface area contributed by atoms with Crippen LogP contribution in [0, 0.1) is 0 Å². The zero-order chi connectivity index (χ0) is 31.6. The Labute approximate surface area is 270 Å². The summed E-state index contributed by atoms with van der Waals surface area (Å²) in [7, 11) is 0. The number of benzene rings is 8. The van der Waals surface area contributed by atoms with Crippen molar-refractivity contribution in [2.75, 3.05) is 0 Å². The second kappa shape index (κ2) is 10.6. The minimum absolute atomic E-state index is 0.0424. The van der Waals surface area contributed by atoms with Crippen LogP contribution in [-0.2, 0) is 5.41 Å². The topological polar surface area (TPSA) is 0 Å². The lowest BCUT2D eigenvalue weighted by molar-refractivity contribution is 0.591. The molecule has 0 nitrogen and oxygen atoms in total. The number of hydrogen-bond donors (Lipinski definition) is 0. The highest BCUT2D eigenvalue weighted by Gasteiger charge is 2.22. The van der Waals surface area contributed by atoms with Gasteiger partial charge in [0.15, 0.2) is 0 Å². The van der Waals surface area contributed by atoms with Gasteiger partial charge >= 0.3 is 0 Å². The lowest BCUT2D eigenvalue weighted by atomic mass is 9.80. The van der Waals surface area contributed by atoms with Crippen molar-refractivity contribution in [2.45, 2.75) is 26.2 Å². The monoisotopic (exact) mass is 588 g/mol. The number of fused-ring (bicyclic) bond motifs is 9. The van der Waals surface area contributed by atoms with Gasteiger partial charge in [0.1, 0.15) is 0 Å². The molecule has 0 aliphatic carbocycles. The van der Waals surface area contributed by atoms with E-state index in [1.54, 1.807) is 0 Å². The van der Waals surface area contributed by atoms with Gasteiger partial charge in [-0.1, -0.05) is 155 Å². The molecule has 8 aromatic carbocycles. The van der Waals surface area contributed by atoms with Gasteiger partial charge in [0.25, 0.3) is 0 Å². The molecule has 220 valence electrons. The van der Waals surface area contributed by atoms with E-state index in [1.807, 2.05) is 12.2 Å². The Morgan fingerprint density at radius 3 is 1.54 bits per heavy atom. The van der Waals surface area contributed by atoms with Gasteiger partial charge in [-0.15, -0.1) is 0 Å². The van der Waals surface area contributed by atoms with E-state index >= 15 is 0 Å². The second-order valence-electron chi connectivity index (χ2n) is 13.4. The Kier molecular flexibility index (Phi) is 6.44. The molecule has 46 heavy (non-hydrogen) atoms. The van der Waals surface area contributed by atoms with E-state index in [1.165, 1.54) is 81.7 Å². The van der Waals surface area contributed by atoms with Crippen molar-refractivity contribution in [3.8, 4) is 22.3 Å². The van der Waals surface area contributed by atoms with Crippen LogP contribution in [0.3, 0.4) is 0 Å². The molecule has 0 spiro atoms. The second-order valence-corrected chi connectivity index (χ2v) is 13.4. The quantitative estimate of drug-likeness (QED) is 0.142. The van der Waals surface area contributed by atoms with E-state index in [0.29, 0.717) is 0 Å². The summed E-state index contributed by atoms with van der Waals surface area (Å²) in [5, 5.41) is 12.7. The van der Waals surface area contributed by atoms with Crippen LogP contribution in [0.15, 0.2) is 141 Å². The maximum atomic E-state index is 4.34. The lowest BCUT2D eigenvalue weighted by Crippen LogP contribution is -2.10. The first-order chi connectivity index (χ1) is 22.4. The highest BCUT2D eigenvalue weighted by molar-refractivity contribution is 6.34. The third-order valence-corrected chi connectivity index (χ3v) is 9.72. The van der Waals surface area contributed by atoms with Crippen LogP contribution in [0.25, 0.3) is 88.3 Å². The van der Waals surface area contributed by atoms with E-state index in [2.05, 4.69) is 161 Å². The average molecular weight is 589 g/mol. The zero-order valence-corrected chi connectivity index (χ0v) is 26.7. The molecule has 0 aromatic heterocycles. The summed E-state index contributed by atoms with van der Waals surface area (Å²) in [5.41, 5.74) is 8.34. The van der Waals surface area contributed by atoms with Gasteiger partial charge in [-0.05, 0) is 116 Å². The molecule has 0 saturated carbocycles. The third kappa shape index (κ3) is 4.21. The molecule has 0 fully saturated rings. The van der Waals surface area contributed by atoms with Gasteiger partial charge in [-0.2, -0.15) is 0 Å². The molecule has 0 saturated heterocycles. The molecule has 0 heterocycles. The Morgan fingerprint density at radius 1 is 0.435 bits per heavy atom. The SMILES string of the molecule is C=Cc1c(C=C)c(-c2ccccc2)c2cc3c(cc2c1-c1ccccc1)c1ccc(C(C)(C)C)cc1c1ccc2ccccc2c13. The minimum Gasteiger partial charge on any atom is -0.0984 e. The van der Waals surface area contributed by atoms with Crippen molar-refractivity contribution in [3.63, 3.8) is 0 Å². The molecule has 0 heteroatoms. The standard InChI is InChI=1S/C46H36/c1-6-33-34(7-2)44(31-19-12-9-13-20-31)42-28-40-39(27-41(42)43(33)30-17-10-8-11-18-30)36-25-23-32(46(3,4)5)26-38(36)37-24-22-29-16-14-15-21-35(29)45(37)40/h6-28H,1-2H2,3-5H3. The Morgan fingerprint density at radius 2 is 0.957 bits per heavy atom. The van der Waals surface area contributed by atoms with Crippen molar-refractivity contribution in [1.82, 2.24) is 0 Å². The smallest absolute Gasteiger partial charge is 0.00201 e. The van der Waals surface area contributed by atoms with E-state index in [0.717, 1.165) is 11.1 Å². The normalized spacial score (nSPS) is 12.0. The van der Waals surface area contributed by atoms with Crippen molar-refractivity contribution in [3.05, 3.63) is 157 Å². The fourth-order valence-corrected chi connectivity index (χ4v) is 7.51. The van der Waals surface area contributed by atoms with Gasteiger partial charge in [-0.25, -0.2) is 0 Å². The summed E-state index contributed by atoms with van der Waals surface area (Å²) in [5.74, 6) is 0. The summed E-state index contributed by atoms with van der Waals surface area (Å²) < 4.78 is 0. The molecule has 0 aliphatic rings. The van der Waals surface area contributed by atoms with Gasteiger partial charge < -0.3 is 0 Å². The fourth-order valence-electron chi connectivity index (χ4n) is 7.51. The van der Waals surface area contributed by atoms with Crippen LogP contribution in [0.5, 0.6) is 0 Å². The molecule has 0 aliphatic heterocycles. The fraction of sp³-hybridized carbons (Fsp3) is 0.0870. The predicted molar refractivity (Wildman–Crippen MR) is 204 cm³/mol. The number of hydrogen-bond acceptors (Lipinski definition) is 0. The maximum absolute atomic E-state index is 4.34. The van der Waals surface area contributed by atoms with Crippen molar-refractivity contribution >= 4 is 66.0 Å². The van der Waals surface area contributed by atoms with Crippen molar-refractivity contribution < 1.29 is 0 Å². The molecule has 0 bridgehead atoms. The molecular formula is C46H36. The molecule has 8 aromatic rings. The van der Waals surface area contributed by atoms with Gasteiger partial charge in [-0.3, -0.25) is 0 Å². The van der Waals surface area contributed by atoms with E-state index in [4.69, 9.17) is 0 Å². The van der Waals surface area contributed by atoms with Crippen LogP contribution in [0.1, 0.15) is 37.5 Å². The first kappa shape index (κ1) is 28.0. The summed E-state index contributed by atoms with van der Waals surface area (Å²) in [6.07, 6.45) is 4.02. The summed E-state index contributed by atoms with van der Waals surface area (Å²) in [6, 6.07) is 46.9. The predicted octanol–water partition coefficient (Wildman–Crippen LogP) is 13.4. The van der Waals surface area contributed by atoms with Crippen LogP contribution in [0.2, 0.25) is 0 Å². The summed E-state index contributed by atoms with van der Waals surface area (Å²) in [6.45, 7) is 15.6. The highest BCUT2D eigenvalue weighted by atomic mass is 14.3. The maximum Gasteiger partial charge on any atom is -0.00201 e. The average Bonchev–Trinajstić information content (AvgIpc) is 3.09. The van der Waals surface area contributed by atoms with Crippen LogP contribution in [0.4, 0.5) is 0 Å². The van der Waals surface area contributed by atoms with E-state index < -0.39 is 0 Å². The van der Waals surface area contributed by atoms with E-state index in [-0.39, 0.29) is 5.41 Å². The summed E-state index contributed by atoms with van der Waals surface area (Å²) >= 11 is 0. The van der Waals surface area contributed by atoms with Gasteiger partial charge in [0, 0.05) is 0 Å². The Bertz CT molecular complexity index is 2510. The van der Waals surface area contributed by atoms with Crippen LogP contribution in [-0.4, -0.2) is 0 Å². The van der Waals surface area contributed by atoms with Crippen LogP contribution >= 0.6 is 0 Å². The first-order valence-electron chi connectivity index (χ1n) is 16.1. The van der Waals surface area contributed by atoms with E-state index in [9.17, 15) is 0 Å². The van der Waals surface area contributed by atoms with Crippen molar-refractivity contribution in [1.29, 1.82) is 0 Å². The molecule has 0 radical (unpaired) electrons. The lowest BCUT2D eigenvalue weighted by Gasteiger charge is -2.23. The molecule has 0 unspecified atom stereocenters. The van der Waals surface area contributed by atoms with Gasteiger partial charge in [0.05, 0.1) is 0 Å². The Hall–Kier alpha value is -5.46. The highest BCUT2D eigenvalue weighted by Crippen LogP contribution is 2.48. The largest absolute Gasteiger partial charge is 0.0984 e. The zero-order valence-electron chi connectivity index (χ0n) is 26.7. The third-order valence-electron chi connectivity index (χ3n) is 9.72. The molecule has 0 amide bonds. The summed E-state index contributed by atoms with van der Waals surface area (Å²) in [4.78, 5) is 0. The molecule has 0 N–H and O–H groups in total. The minimum atomic E-state index is 0.0424. The molecule has 8 rings (SSSR count). The molecule has 0 atom stereocenters. The molecular weight excluding hydrogens is 553 g/mol. The Balaban J connectivity index is 1.69. The van der Waals surface area contributed by atoms with Crippen LogP contribution < -0.4 is 0 Å². The number of rotatable bonds is 4. The van der Waals surface area contributed by atoms with Crippen molar-refractivity contribution in [2.24, 2.45) is 0 Å².